The Balaban J connectivity index is 1.76. The fraction of sp³-hybridized carbons (Fsp3) is 0.818. The Morgan fingerprint density at radius 1 is 1.27 bits per heavy atom. The standard InChI is InChI=1S/C11H17NO3/c13-10-3-1-9(2-4-10)12-11(14)8-5-6-15-7-8/h8-9H,1-7H2,(H,12,14). The topological polar surface area (TPSA) is 55.4 Å². The maximum atomic E-state index is 11.7. The van der Waals surface area contributed by atoms with Gasteiger partial charge in [0.1, 0.15) is 5.78 Å². The molecule has 1 atom stereocenters. The lowest BCUT2D eigenvalue weighted by Crippen LogP contribution is -2.41. The Hall–Kier alpha value is -0.900. The molecular weight excluding hydrogens is 194 g/mol. The molecule has 0 radical (unpaired) electrons. The molecule has 0 spiro atoms. The molecule has 0 aromatic rings. The first-order chi connectivity index (χ1) is 7.25. The lowest BCUT2D eigenvalue weighted by atomic mass is 9.94. The second-order valence-corrected chi connectivity index (χ2v) is 4.38. The van der Waals surface area contributed by atoms with Crippen molar-refractivity contribution in [1.82, 2.24) is 5.32 Å². The molecule has 1 unspecified atom stereocenters. The third-order valence-corrected chi connectivity index (χ3v) is 3.19. The minimum Gasteiger partial charge on any atom is -0.381 e. The summed E-state index contributed by atoms with van der Waals surface area (Å²) in [6, 6.07) is 0.204. The van der Waals surface area contributed by atoms with E-state index in [2.05, 4.69) is 5.32 Å². The molecule has 1 aliphatic heterocycles. The van der Waals surface area contributed by atoms with Crippen molar-refractivity contribution in [3.05, 3.63) is 0 Å². The van der Waals surface area contributed by atoms with Crippen molar-refractivity contribution in [2.24, 2.45) is 5.92 Å². The van der Waals surface area contributed by atoms with Crippen LogP contribution in [-0.4, -0.2) is 30.9 Å². The zero-order valence-corrected chi connectivity index (χ0v) is 8.83. The van der Waals surface area contributed by atoms with Gasteiger partial charge in [-0.3, -0.25) is 9.59 Å². The van der Waals surface area contributed by atoms with Gasteiger partial charge in [-0.15, -0.1) is 0 Å². The van der Waals surface area contributed by atoms with Crippen LogP contribution in [0.15, 0.2) is 0 Å². The molecule has 1 N–H and O–H groups in total. The van der Waals surface area contributed by atoms with E-state index in [1.807, 2.05) is 0 Å². The second kappa shape index (κ2) is 4.75. The predicted molar refractivity (Wildman–Crippen MR) is 54.3 cm³/mol. The van der Waals surface area contributed by atoms with Crippen molar-refractivity contribution in [2.45, 2.75) is 38.1 Å². The maximum Gasteiger partial charge on any atom is 0.225 e. The number of nitrogens with one attached hydrogen (secondary N) is 1. The molecule has 2 aliphatic rings. The molecule has 2 fully saturated rings. The summed E-state index contributed by atoms with van der Waals surface area (Å²) >= 11 is 0. The van der Waals surface area contributed by atoms with E-state index in [0.717, 1.165) is 19.3 Å². The van der Waals surface area contributed by atoms with Gasteiger partial charge in [-0.2, -0.15) is 0 Å². The first-order valence-electron chi connectivity index (χ1n) is 5.65. The Morgan fingerprint density at radius 3 is 2.60 bits per heavy atom. The third-order valence-electron chi connectivity index (χ3n) is 3.19. The normalized spacial score (nSPS) is 28.0. The monoisotopic (exact) mass is 211 g/mol. The summed E-state index contributed by atoms with van der Waals surface area (Å²) in [7, 11) is 0. The molecule has 2 rings (SSSR count). The summed E-state index contributed by atoms with van der Waals surface area (Å²) in [5.74, 6) is 0.458. The lowest BCUT2D eigenvalue weighted by Gasteiger charge is -2.23. The van der Waals surface area contributed by atoms with Crippen LogP contribution in [0.2, 0.25) is 0 Å². The van der Waals surface area contributed by atoms with Crippen molar-refractivity contribution in [3.63, 3.8) is 0 Å². The molecule has 1 saturated carbocycles. The molecule has 1 amide bonds. The van der Waals surface area contributed by atoms with Gasteiger partial charge in [-0.25, -0.2) is 0 Å². The average Bonchev–Trinajstić information content (AvgIpc) is 2.74. The maximum absolute atomic E-state index is 11.7. The SMILES string of the molecule is O=C1CCC(NC(=O)C2CCOC2)CC1. The zero-order valence-electron chi connectivity index (χ0n) is 8.83. The molecule has 84 valence electrons. The van der Waals surface area contributed by atoms with Gasteiger partial charge in [-0.1, -0.05) is 0 Å². The van der Waals surface area contributed by atoms with Gasteiger partial charge in [0, 0.05) is 25.5 Å². The number of rotatable bonds is 2. The number of carbonyl (C=O) groups is 2. The summed E-state index contributed by atoms with van der Waals surface area (Å²) in [5.41, 5.74) is 0. The van der Waals surface area contributed by atoms with Crippen molar-refractivity contribution in [2.75, 3.05) is 13.2 Å². The second-order valence-electron chi connectivity index (χ2n) is 4.38. The number of ether oxygens (including phenoxy) is 1. The fourth-order valence-electron chi connectivity index (χ4n) is 2.14. The van der Waals surface area contributed by atoms with Gasteiger partial charge < -0.3 is 10.1 Å². The third kappa shape index (κ3) is 2.78. The molecule has 1 saturated heterocycles. The van der Waals surface area contributed by atoms with E-state index in [-0.39, 0.29) is 17.9 Å². The van der Waals surface area contributed by atoms with Crippen molar-refractivity contribution in [1.29, 1.82) is 0 Å². The van der Waals surface area contributed by atoms with E-state index in [0.29, 0.717) is 31.8 Å². The molecule has 15 heavy (non-hydrogen) atoms. The fourth-order valence-corrected chi connectivity index (χ4v) is 2.14. The van der Waals surface area contributed by atoms with E-state index in [1.54, 1.807) is 0 Å². The van der Waals surface area contributed by atoms with Crippen LogP contribution in [0, 0.1) is 5.92 Å². The smallest absolute Gasteiger partial charge is 0.225 e. The quantitative estimate of drug-likeness (QED) is 0.729. The summed E-state index contributed by atoms with van der Waals surface area (Å²) in [4.78, 5) is 22.7. The van der Waals surface area contributed by atoms with Crippen LogP contribution < -0.4 is 5.32 Å². The number of Topliss-reactive ketones (excluding diaryl/α,β-unsaturated/α-hetero) is 1. The predicted octanol–water partition coefficient (Wildman–Crippen LogP) is 0.651. The molecule has 0 aromatic carbocycles. The molecule has 4 heteroatoms. The Kier molecular flexibility index (Phi) is 3.36. The minimum atomic E-state index is 0.0302. The van der Waals surface area contributed by atoms with Gasteiger partial charge in [0.25, 0.3) is 0 Å². The van der Waals surface area contributed by atoms with Gasteiger partial charge >= 0.3 is 0 Å². The minimum absolute atomic E-state index is 0.0302. The van der Waals surface area contributed by atoms with E-state index < -0.39 is 0 Å². The van der Waals surface area contributed by atoms with E-state index in [9.17, 15) is 9.59 Å². The molecule has 1 aliphatic carbocycles. The highest BCUT2D eigenvalue weighted by molar-refractivity contribution is 5.81. The summed E-state index contributed by atoms with van der Waals surface area (Å²) in [6.45, 7) is 1.25. The van der Waals surface area contributed by atoms with Gasteiger partial charge in [0.05, 0.1) is 12.5 Å². The molecule has 1 heterocycles. The van der Waals surface area contributed by atoms with Crippen LogP contribution in [0.3, 0.4) is 0 Å². The van der Waals surface area contributed by atoms with Crippen LogP contribution in [0.25, 0.3) is 0 Å². The van der Waals surface area contributed by atoms with Gasteiger partial charge in [0.2, 0.25) is 5.91 Å². The van der Waals surface area contributed by atoms with E-state index >= 15 is 0 Å². The van der Waals surface area contributed by atoms with Crippen LogP contribution in [0.5, 0.6) is 0 Å². The lowest BCUT2D eigenvalue weighted by molar-refractivity contribution is -0.127. The molecule has 0 aromatic heterocycles. The molecular formula is C11H17NO3. The highest BCUT2D eigenvalue weighted by Gasteiger charge is 2.27. The average molecular weight is 211 g/mol. The Bertz CT molecular complexity index is 249. The largest absolute Gasteiger partial charge is 0.381 e. The highest BCUT2D eigenvalue weighted by Crippen LogP contribution is 2.17. The number of carbonyl (C=O) groups excluding carboxylic acids is 2. The van der Waals surface area contributed by atoms with Crippen molar-refractivity contribution in [3.8, 4) is 0 Å². The summed E-state index contributed by atoms with van der Waals surface area (Å²) in [6.07, 6.45) is 3.67. The van der Waals surface area contributed by atoms with Crippen molar-refractivity contribution < 1.29 is 14.3 Å². The first kappa shape index (κ1) is 10.6. The van der Waals surface area contributed by atoms with E-state index in [4.69, 9.17) is 4.74 Å². The van der Waals surface area contributed by atoms with Gasteiger partial charge in [0.15, 0.2) is 0 Å². The van der Waals surface area contributed by atoms with Crippen LogP contribution in [-0.2, 0) is 14.3 Å². The van der Waals surface area contributed by atoms with Crippen LogP contribution in [0.1, 0.15) is 32.1 Å². The summed E-state index contributed by atoms with van der Waals surface area (Å²) < 4.78 is 5.17. The Labute approximate surface area is 89.4 Å². The van der Waals surface area contributed by atoms with E-state index in [1.165, 1.54) is 0 Å². The van der Waals surface area contributed by atoms with Crippen LogP contribution >= 0.6 is 0 Å². The molecule has 0 bridgehead atoms. The Morgan fingerprint density at radius 2 is 2.00 bits per heavy atom. The van der Waals surface area contributed by atoms with Gasteiger partial charge in [-0.05, 0) is 19.3 Å². The van der Waals surface area contributed by atoms with Crippen LogP contribution in [0.4, 0.5) is 0 Å². The number of amides is 1. The summed E-state index contributed by atoms with van der Waals surface area (Å²) in [5, 5.41) is 3.01. The number of ketones is 1. The van der Waals surface area contributed by atoms with Crippen molar-refractivity contribution >= 4 is 11.7 Å². The highest BCUT2D eigenvalue weighted by atomic mass is 16.5. The molecule has 4 nitrogen and oxygen atoms in total. The zero-order chi connectivity index (χ0) is 10.7. The number of hydrogen-bond donors (Lipinski definition) is 1. The number of hydrogen-bond acceptors (Lipinski definition) is 3. The first-order valence-corrected chi connectivity index (χ1v) is 5.65.